The Morgan fingerprint density at radius 1 is 0.778 bits per heavy atom. The van der Waals surface area contributed by atoms with Gasteiger partial charge in [-0.05, 0) is 0 Å². The van der Waals surface area contributed by atoms with Gasteiger partial charge < -0.3 is 0 Å². The monoisotopic (exact) mass is 371 g/mol. The fourth-order valence-corrected chi connectivity index (χ4v) is 2.60. The van der Waals surface area contributed by atoms with E-state index in [1.54, 1.807) is 0 Å². The molecule has 130 valence electrons. The molecule has 0 amide bonds. The SMILES string of the molecule is N#CC1=C(F)C(C(C#N)C#N)C(F)=c2c(F)c(F)c(=C(C#N)C#N)c(F)c21. The molecule has 2 rings (SSSR count). The lowest BCUT2D eigenvalue weighted by atomic mass is 9.82. The van der Waals surface area contributed by atoms with E-state index < -0.39 is 68.1 Å². The predicted octanol–water partition coefficient (Wildman–Crippen LogP) is 1.88. The molecule has 1 aromatic rings. The van der Waals surface area contributed by atoms with Gasteiger partial charge in [-0.1, -0.05) is 0 Å². The zero-order valence-corrected chi connectivity index (χ0v) is 12.8. The van der Waals surface area contributed by atoms with Crippen molar-refractivity contribution in [2.24, 2.45) is 11.8 Å². The molecular formula is C17H2F5N5. The molecule has 10 heteroatoms. The molecular weight excluding hydrogens is 369 g/mol. The van der Waals surface area contributed by atoms with E-state index in [4.69, 9.17) is 26.3 Å². The first-order chi connectivity index (χ1) is 12.8. The molecule has 0 N–H and O–H groups in total. The van der Waals surface area contributed by atoms with Crippen LogP contribution in [0.4, 0.5) is 22.0 Å². The summed E-state index contributed by atoms with van der Waals surface area (Å²) >= 11 is 0. The maximum atomic E-state index is 14.7. The van der Waals surface area contributed by atoms with Crippen LogP contribution in [0.5, 0.6) is 0 Å². The van der Waals surface area contributed by atoms with Crippen molar-refractivity contribution < 1.29 is 22.0 Å². The zero-order chi connectivity index (χ0) is 20.5. The molecule has 1 atom stereocenters. The molecule has 0 fully saturated rings. The number of rotatable bonds is 1. The molecule has 0 saturated heterocycles. The number of hydrogen-bond donors (Lipinski definition) is 0. The van der Waals surface area contributed by atoms with Gasteiger partial charge in [0.05, 0.1) is 34.1 Å². The number of allylic oxidation sites excluding steroid dienone is 2. The molecule has 0 saturated carbocycles. The van der Waals surface area contributed by atoms with Gasteiger partial charge in [0.15, 0.2) is 11.6 Å². The molecule has 0 aromatic heterocycles. The quantitative estimate of drug-likeness (QED) is 0.551. The largest absolute Gasteiger partial charge is 0.210 e. The van der Waals surface area contributed by atoms with Crippen LogP contribution in [0.1, 0.15) is 5.56 Å². The van der Waals surface area contributed by atoms with Gasteiger partial charge in [0.1, 0.15) is 47.2 Å². The lowest BCUT2D eigenvalue weighted by molar-refractivity contribution is 0.439. The predicted molar refractivity (Wildman–Crippen MR) is 76.6 cm³/mol. The highest BCUT2D eigenvalue weighted by molar-refractivity contribution is 5.85. The first kappa shape index (κ1) is 19.1. The summed E-state index contributed by atoms with van der Waals surface area (Å²) in [6, 6.07) is 5.88. The zero-order valence-electron chi connectivity index (χ0n) is 12.8. The molecule has 27 heavy (non-hydrogen) atoms. The van der Waals surface area contributed by atoms with Crippen molar-refractivity contribution in [1.29, 1.82) is 26.3 Å². The summed E-state index contributed by atoms with van der Waals surface area (Å²) in [6.45, 7) is 0. The highest BCUT2D eigenvalue weighted by Crippen LogP contribution is 2.38. The Morgan fingerprint density at radius 2 is 1.33 bits per heavy atom. The summed E-state index contributed by atoms with van der Waals surface area (Å²) in [6.07, 6.45) is 0. The Balaban J connectivity index is 3.27. The van der Waals surface area contributed by atoms with Crippen LogP contribution in [0, 0.1) is 85.9 Å². The van der Waals surface area contributed by atoms with E-state index >= 15 is 0 Å². The highest BCUT2D eigenvalue weighted by Gasteiger charge is 2.40. The number of nitriles is 5. The van der Waals surface area contributed by atoms with Crippen molar-refractivity contribution in [3.63, 3.8) is 0 Å². The van der Waals surface area contributed by atoms with Crippen LogP contribution in [0.3, 0.4) is 0 Å². The van der Waals surface area contributed by atoms with Crippen LogP contribution in [0.25, 0.3) is 17.0 Å². The number of benzene rings is 1. The third-order valence-electron chi connectivity index (χ3n) is 3.79. The summed E-state index contributed by atoms with van der Waals surface area (Å²) < 4.78 is 72.6. The normalized spacial score (nSPS) is 15.1. The second kappa shape index (κ2) is 6.96. The van der Waals surface area contributed by atoms with E-state index in [9.17, 15) is 22.0 Å². The molecule has 5 nitrogen and oxygen atoms in total. The highest BCUT2D eigenvalue weighted by atomic mass is 19.2. The molecule has 0 aliphatic heterocycles. The average molecular weight is 371 g/mol. The lowest BCUT2D eigenvalue weighted by Gasteiger charge is -2.21. The molecule has 0 bridgehead atoms. The van der Waals surface area contributed by atoms with Crippen molar-refractivity contribution in [3.8, 4) is 30.3 Å². The first-order valence-corrected chi connectivity index (χ1v) is 6.80. The summed E-state index contributed by atoms with van der Waals surface area (Å²) in [7, 11) is 0. The van der Waals surface area contributed by atoms with Crippen molar-refractivity contribution in [2.75, 3.05) is 0 Å². The molecule has 0 spiro atoms. The van der Waals surface area contributed by atoms with Crippen molar-refractivity contribution in [3.05, 3.63) is 39.3 Å². The van der Waals surface area contributed by atoms with Crippen LogP contribution >= 0.6 is 0 Å². The van der Waals surface area contributed by atoms with Gasteiger partial charge in [0, 0.05) is 5.56 Å². The van der Waals surface area contributed by atoms with Gasteiger partial charge in [-0.3, -0.25) is 0 Å². The van der Waals surface area contributed by atoms with E-state index in [0.717, 1.165) is 18.2 Å². The van der Waals surface area contributed by atoms with E-state index in [1.165, 1.54) is 12.1 Å². The molecule has 1 aliphatic carbocycles. The third kappa shape index (κ3) is 2.56. The fraction of sp³-hybridized carbons (Fsp3) is 0.118. The molecule has 0 radical (unpaired) electrons. The second-order valence-corrected chi connectivity index (χ2v) is 5.06. The Bertz CT molecular complexity index is 1210. The van der Waals surface area contributed by atoms with Crippen LogP contribution in [-0.2, 0) is 0 Å². The standard InChI is InChI=1S/C17H2F5N5/c18-13-8(5-27)11-12(15(20)9(13)6(1-23)2-24)17(22)16(21)10(14(11)19)7(3-25)4-26/h6,9H. The van der Waals surface area contributed by atoms with E-state index in [1.807, 2.05) is 0 Å². The van der Waals surface area contributed by atoms with Crippen molar-refractivity contribution in [1.82, 2.24) is 0 Å². The topological polar surface area (TPSA) is 119 Å². The van der Waals surface area contributed by atoms with Crippen LogP contribution in [0.2, 0.25) is 0 Å². The Kier molecular flexibility index (Phi) is 4.93. The van der Waals surface area contributed by atoms with Gasteiger partial charge in [-0.2, -0.15) is 26.3 Å². The molecule has 1 unspecified atom stereocenters. The number of nitrogens with zero attached hydrogens (tertiary/aromatic N) is 5. The summed E-state index contributed by atoms with van der Waals surface area (Å²) in [5.41, 5.74) is -3.84. The van der Waals surface area contributed by atoms with Gasteiger partial charge in [-0.15, -0.1) is 0 Å². The smallest absolute Gasteiger partial charge is 0.171 e. The number of hydrogen-bond acceptors (Lipinski definition) is 5. The van der Waals surface area contributed by atoms with Crippen molar-refractivity contribution in [2.45, 2.75) is 0 Å². The maximum absolute atomic E-state index is 14.7. The van der Waals surface area contributed by atoms with Crippen molar-refractivity contribution >= 4 is 17.0 Å². The third-order valence-corrected chi connectivity index (χ3v) is 3.79. The minimum Gasteiger partial charge on any atom is -0.210 e. The Morgan fingerprint density at radius 3 is 1.78 bits per heavy atom. The summed E-state index contributed by atoms with van der Waals surface area (Å²) in [5, 5.41) is 41.3. The van der Waals surface area contributed by atoms with E-state index in [-0.39, 0.29) is 0 Å². The molecule has 1 aromatic carbocycles. The lowest BCUT2D eigenvalue weighted by Crippen LogP contribution is -2.35. The minimum atomic E-state index is -2.36. The second-order valence-electron chi connectivity index (χ2n) is 5.06. The first-order valence-electron chi connectivity index (χ1n) is 6.80. The van der Waals surface area contributed by atoms with Crippen LogP contribution < -0.4 is 10.4 Å². The van der Waals surface area contributed by atoms with Gasteiger partial charge in [0.25, 0.3) is 0 Å². The van der Waals surface area contributed by atoms with Gasteiger partial charge in [0.2, 0.25) is 0 Å². The van der Waals surface area contributed by atoms with E-state index in [0.29, 0.717) is 0 Å². The average Bonchev–Trinajstić information content (AvgIpc) is 2.66. The summed E-state index contributed by atoms with van der Waals surface area (Å²) in [4.78, 5) is 0. The maximum Gasteiger partial charge on any atom is 0.171 e. The fourth-order valence-electron chi connectivity index (χ4n) is 2.60. The van der Waals surface area contributed by atoms with Gasteiger partial charge in [-0.25, -0.2) is 22.0 Å². The Hall–Kier alpha value is -4.20. The number of halogens is 5. The van der Waals surface area contributed by atoms with Crippen LogP contribution in [0.15, 0.2) is 5.83 Å². The van der Waals surface area contributed by atoms with Gasteiger partial charge >= 0.3 is 0 Å². The number of fused-ring (bicyclic) bond motifs is 1. The minimum absolute atomic E-state index is 1.11. The summed E-state index contributed by atoms with van der Waals surface area (Å²) in [5.74, 6) is -14.1. The van der Waals surface area contributed by atoms with E-state index in [2.05, 4.69) is 0 Å². The molecule has 1 aliphatic rings. The Labute approximate surface area is 147 Å². The van der Waals surface area contributed by atoms with Crippen LogP contribution in [-0.4, -0.2) is 0 Å². The molecule has 0 heterocycles.